The zero-order valence-electron chi connectivity index (χ0n) is 11.6. The van der Waals surface area contributed by atoms with Crippen LogP contribution < -0.4 is 5.32 Å². The second-order valence-corrected chi connectivity index (χ2v) is 6.39. The maximum Gasteiger partial charge on any atom is 0.128 e. The molecule has 1 N–H and O–H groups in total. The van der Waals surface area contributed by atoms with Crippen molar-refractivity contribution in [2.24, 2.45) is 11.8 Å². The molecular formula is C15H23BrFN. The van der Waals surface area contributed by atoms with Gasteiger partial charge in [0, 0.05) is 16.1 Å². The van der Waals surface area contributed by atoms with Crippen molar-refractivity contribution in [2.45, 2.75) is 39.7 Å². The Labute approximate surface area is 118 Å². The van der Waals surface area contributed by atoms with Crippen LogP contribution >= 0.6 is 15.9 Å². The van der Waals surface area contributed by atoms with Gasteiger partial charge in [-0.25, -0.2) is 4.39 Å². The van der Waals surface area contributed by atoms with E-state index < -0.39 is 0 Å². The Morgan fingerprint density at radius 2 is 1.89 bits per heavy atom. The summed E-state index contributed by atoms with van der Waals surface area (Å²) in [5, 5.41) is 3.23. The highest BCUT2D eigenvalue weighted by Gasteiger charge is 2.18. The van der Waals surface area contributed by atoms with Gasteiger partial charge >= 0.3 is 0 Å². The lowest BCUT2D eigenvalue weighted by Crippen LogP contribution is -2.20. The molecule has 0 radical (unpaired) electrons. The minimum absolute atomic E-state index is 0.0799. The van der Waals surface area contributed by atoms with Gasteiger partial charge in [-0.2, -0.15) is 0 Å². The molecule has 18 heavy (non-hydrogen) atoms. The Hall–Kier alpha value is -0.410. The van der Waals surface area contributed by atoms with E-state index in [1.165, 1.54) is 12.5 Å². The quantitative estimate of drug-likeness (QED) is 0.785. The third-order valence-corrected chi connectivity index (χ3v) is 3.69. The molecule has 0 aromatic heterocycles. The Kier molecular flexibility index (Phi) is 6.30. The summed E-state index contributed by atoms with van der Waals surface area (Å²) in [6, 6.07) is 5.22. The fraction of sp³-hybridized carbons (Fsp3) is 0.600. The molecule has 0 saturated carbocycles. The van der Waals surface area contributed by atoms with Crippen molar-refractivity contribution >= 4 is 15.9 Å². The van der Waals surface area contributed by atoms with Gasteiger partial charge in [0.25, 0.3) is 0 Å². The molecule has 102 valence electrons. The van der Waals surface area contributed by atoms with Crippen LogP contribution in [0.3, 0.4) is 0 Å². The third kappa shape index (κ3) is 4.69. The first-order valence-electron chi connectivity index (χ1n) is 6.56. The summed E-state index contributed by atoms with van der Waals surface area (Å²) < 4.78 is 14.8. The zero-order chi connectivity index (χ0) is 13.7. The second-order valence-electron chi connectivity index (χ2n) is 5.48. The lowest BCUT2D eigenvalue weighted by molar-refractivity contribution is 0.361. The van der Waals surface area contributed by atoms with Crippen molar-refractivity contribution in [1.82, 2.24) is 5.32 Å². The van der Waals surface area contributed by atoms with E-state index in [1.807, 2.05) is 13.1 Å². The van der Waals surface area contributed by atoms with Gasteiger partial charge in [-0.05, 0) is 49.9 Å². The molecule has 2 unspecified atom stereocenters. The molecule has 1 aromatic carbocycles. The first-order valence-corrected chi connectivity index (χ1v) is 7.35. The smallest absolute Gasteiger partial charge is 0.128 e. The average molecular weight is 316 g/mol. The zero-order valence-corrected chi connectivity index (χ0v) is 13.2. The Morgan fingerprint density at radius 3 is 2.44 bits per heavy atom. The molecule has 3 heteroatoms. The van der Waals surface area contributed by atoms with Crippen LogP contribution in [0.1, 0.15) is 45.2 Å². The molecule has 1 rings (SSSR count). The fourth-order valence-electron chi connectivity index (χ4n) is 2.49. The highest BCUT2D eigenvalue weighted by atomic mass is 79.9. The molecule has 0 spiro atoms. The van der Waals surface area contributed by atoms with E-state index in [1.54, 1.807) is 6.07 Å². The van der Waals surface area contributed by atoms with Crippen LogP contribution in [0.2, 0.25) is 0 Å². The molecule has 0 aliphatic carbocycles. The van der Waals surface area contributed by atoms with Gasteiger partial charge < -0.3 is 5.32 Å². The highest BCUT2D eigenvalue weighted by molar-refractivity contribution is 9.10. The number of hydrogen-bond acceptors (Lipinski definition) is 1. The van der Waals surface area contributed by atoms with Gasteiger partial charge in [0.05, 0.1) is 0 Å². The first kappa shape index (κ1) is 15.6. The third-order valence-electron chi connectivity index (χ3n) is 3.19. The van der Waals surface area contributed by atoms with Gasteiger partial charge in [0.15, 0.2) is 0 Å². The van der Waals surface area contributed by atoms with Crippen molar-refractivity contribution in [3.05, 3.63) is 34.1 Å². The number of benzene rings is 1. The summed E-state index contributed by atoms with van der Waals surface area (Å²) in [5.41, 5.74) is 0.752. The molecule has 1 aromatic rings. The molecule has 0 heterocycles. The Morgan fingerprint density at radius 1 is 1.22 bits per heavy atom. The number of nitrogens with one attached hydrogen (secondary N) is 1. The van der Waals surface area contributed by atoms with Crippen LogP contribution in [-0.2, 0) is 0 Å². The summed E-state index contributed by atoms with van der Waals surface area (Å²) in [5.74, 6) is 1.14. The minimum Gasteiger partial charge on any atom is -0.313 e. The molecule has 0 saturated heterocycles. The van der Waals surface area contributed by atoms with E-state index in [9.17, 15) is 4.39 Å². The van der Waals surface area contributed by atoms with Gasteiger partial charge in [-0.15, -0.1) is 0 Å². The van der Waals surface area contributed by atoms with Crippen molar-refractivity contribution in [3.63, 3.8) is 0 Å². The Bertz CT molecular complexity index is 379. The van der Waals surface area contributed by atoms with Gasteiger partial charge in [0.1, 0.15) is 5.82 Å². The largest absolute Gasteiger partial charge is 0.313 e. The van der Waals surface area contributed by atoms with E-state index in [4.69, 9.17) is 0 Å². The van der Waals surface area contributed by atoms with E-state index >= 15 is 0 Å². The molecule has 0 fully saturated rings. The summed E-state index contributed by atoms with van der Waals surface area (Å²) >= 11 is 3.41. The van der Waals surface area contributed by atoms with E-state index in [-0.39, 0.29) is 11.9 Å². The van der Waals surface area contributed by atoms with Crippen LogP contribution in [0.25, 0.3) is 0 Å². The molecule has 0 bridgehead atoms. The summed E-state index contributed by atoms with van der Waals surface area (Å²) in [4.78, 5) is 0. The van der Waals surface area contributed by atoms with Crippen LogP contribution in [0.4, 0.5) is 4.39 Å². The van der Waals surface area contributed by atoms with E-state index in [0.29, 0.717) is 11.8 Å². The minimum atomic E-state index is -0.130. The van der Waals surface area contributed by atoms with Gasteiger partial charge in [-0.3, -0.25) is 0 Å². The van der Waals surface area contributed by atoms with Gasteiger partial charge in [0.2, 0.25) is 0 Å². The van der Waals surface area contributed by atoms with Crippen molar-refractivity contribution < 1.29 is 4.39 Å². The molecule has 0 aliphatic rings. The standard InChI is InChI=1S/C15H23BrFN/c1-10(2)7-11(3)8-15(18-4)13-9-12(16)5-6-14(13)17/h5-6,9-11,15,18H,7-8H2,1-4H3. The second kappa shape index (κ2) is 7.25. The number of rotatable bonds is 6. The Balaban J connectivity index is 2.79. The predicted octanol–water partition coefficient (Wildman–Crippen LogP) is 4.92. The normalized spacial score (nSPS) is 14.8. The van der Waals surface area contributed by atoms with Crippen LogP contribution in [0.15, 0.2) is 22.7 Å². The number of hydrogen-bond donors (Lipinski definition) is 1. The number of halogens is 2. The predicted molar refractivity (Wildman–Crippen MR) is 79.1 cm³/mol. The van der Waals surface area contributed by atoms with E-state index in [0.717, 1.165) is 16.5 Å². The van der Waals surface area contributed by atoms with Crippen LogP contribution in [0, 0.1) is 17.7 Å². The molecule has 2 atom stereocenters. The first-order chi connectivity index (χ1) is 8.43. The summed E-state index contributed by atoms with van der Waals surface area (Å²) in [7, 11) is 1.90. The SMILES string of the molecule is CNC(CC(C)CC(C)C)c1cc(Br)ccc1F. The monoisotopic (exact) mass is 315 g/mol. The highest BCUT2D eigenvalue weighted by Crippen LogP contribution is 2.28. The van der Waals surface area contributed by atoms with Crippen LogP contribution in [-0.4, -0.2) is 7.05 Å². The summed E-state index contributed by atoms with van der Waals surface area (Å²) in [6.45, 7) is 6.69. The van der Waals surface area contributed by atoms with Gasteiger partial charge in [-0.1, -0.05) is 36.7 Å². The van der Waals surface area contributed by atoms with Crippen molar-refractivity contribution in [3.8, 4) is 0 Å². The topological polar surface area (TPSA) is 12.0 Å². The average Bonchev–Trinajstić information content (AvgIpc) is 2.28. The summed E-state index contributed by atoms with van der Waals surface area (Å²) in [6.07, 6.45) is 2.13. The van der Waals surface area contributed by atoms with Crippen molar-refractivity contribution in [1.29, 1.82) is 0 Å². The van der Waals surface area contributed by atoms with Crippen molar-refractivity contribution in [2.75, 3.05) is 7.05 Å². The van der Waals surface area contributed by atoms with Crippen LogP contribution in [0.5, 0.6) is 0 Å². The maximum atomic E-state index is 13.9. The molecule has 0 amide bonds. The fourth-order valence-corrected chi connectivity index (χ4v) is 2.86. The molecular weight excluding hydrogens is 293 g/mol. The molecule has 0 aliphatic heterocycles. The maximum absolute atomic E-state index is 13.9. The lowest BCUT2D eigenvalue weighted by Gasteiger charge is -2.22. The molecule has 1 nitrogen and oxygen atoms in total. The lowest BCUT2D eigenvalue weighted by atomic mass is 9.90. The van der Waals surface area contributed by atoms with E-state index in [2.05, 4.69) is 42.0 Å².